The average Bonchev–Trinajstić information content (AvgIpc) is 2.86. The number of nitrogens with zero attached hydrogens (tertiary/aromatic N) is 1. The summed E-state index contributed by atoms with van der Waals surface area (Å²) in [6.07, 6.45) is 0.625. The van der Waals surface area contributed by atoms with Gasteiger partial charge in [0.2, 0.25) is 5.91 Å². The van der Waals surface area contributed by atoms with Crippen LogP contribution in [0.3, 0.4) is 0 Å². The maximum absolute atomic E-state index is 12.8. The first-order valence-electron chi connectivity index (χ1n) is 11.9. The predicted octanol–water partition coefficient (Wildman–Crippen LogP) is 4.96. The highest BCUT2D eigenvalue weighted by Gasteiger charge is 2.32. The molecule has 2 atom stereocenters. The zero-order valence-corrected chi connectivity index (χ0v) is 20.1. The number of rotatable bonds is 7. The summed E-state index contributed by atoms with van der Waals surface area (Å²) in [5.41, 5.74) is 5.56. The molecule has 1 aliphatic heterocycles. The van der Waals surface area contributed by atoms with Crippen LogP contribution in [-0.4, -0.2) is 29.4 Å². The van der Waals surface area contributed by atoms with Gasteiger partial charge < -0.3 is 15.0 Å². The Balaban J connectivity index is 1.56. The second-order valence-corrected chi connectivity index (χ2v) is 8.83. The van der Waals surface area contributed by atoms with Crippen molar-refractivity contribution in [3.05, 3.63) is 101 Å². The van der Waals surface area contributed by atoms with Crippen molar-refractivity contribution >= 4 is 11.8 Å². The molecule has 0 saturated heterocycles. The summed E-state index contributed by atoms with van der Waals surface area (Å²) in [4.78, 5) is 27.4. The van der Waals surface area contributed by atoms with Crippen LogP contribution in [0.4, 0.5) is 0 Å². The number of nitrogens with one attached hydrogen (secondary N) is 1. The summed E-state index contributed by atoms with van der Waals surface area (Å²) in [6.45, 7) is 6.87. The van der Waals surface area contributed by atoms with E-state index in [4.69, 9.17) is 4.74 Å². The number of amides is 2. The van der Waals surface area contributed by atoms with Crippen LogP contribution in [0.2, 0.25) is 0 Å². The minimum atomic E-state index is -0.642. The number of hydrogen-bond acceptors (Lipinski definition) is 3. The minimum Gasteiger partial charge on any atom is -0.481 e. The number of ether oxygens (including phenoxy) is 1. The van der Waals surface area contributed by atoms with Crippen LogP contribution in [0.25, 0.3) is 0 Å². The molecule has 5 nitrogen and oxygen atoms in total. The van der Waals surface area contributed by atoms with E-state index < -0.39 is 6.10 Å². The SMILES string of the molecule is CCC(=O)N1CCc2ccc(OC(C)C(=O)NCc3ccccc3)cc2C1c1cccc(C)c1. The molecule has 2 unspecified atom stereocenters. The third-order valence-corrected chi connectivity index (χ3v) is 6.32. The molecule has 1 heterocycles. The topological polar surface area (TPSA) is 58.6 Å². The minimum absolute atomic E-state index is 0.136. The molecule has 1 aliphatic rings. The third-order valence-electron chi connectivity index (χ3n) is 6.32. The Morgan fingerprint density at radius 2 is 1.85 bits per heavy atom. The van der Waals surface area contributed by atoms with Crippen molar-refractivity contribution < 1.29 is 14.3 Å². The zero-order valence-electron chi connectivity index (χ0n) is 20.1. The molecule has 0 fully saturated rings. The fourth-order valence-corrected chi connectivity index (χ4v) is 4.52. The summed E-state index contributed by atoms with van der Waals surface area (Å²) in [5, 5.41) is 2.93. The lowest BCUT2D eigenvalue weighted by atomic mass is 9.87. The van der Waals surface area contributed by atoms with Crippen molar-refractivity contribution in [1.82, 2.24) is 10.2 Å². The lowest BCUT2D eigenvalue weighted by Gasteiger charge is -2.38. The summed E-state index contributed by atoms with van der Waals surface area (Å²) in [6, 6.07) is 23.9. The molecule has 0 bridgehead atoms. The van der Waals surface area contributed by atoms with E-state index in [-0.39, 0.29) is 17.9 Å². The molecule has 34 heavy (non-hydrogen) atoms. The van der Waals surface area contributed by atoms with Gasteiger partial charge >= 0.3 is 0 Å². The van der Waals surface area contributed by atoms with Gasteiger partial charge in [-0.05, 0) is 54.7 Å². The van der Waals surface area contributed by atoms with E-state index in [1.807, 2.05) is 60.4 Å². The maximum atomic E-state index is 12.8. The molecule has 3 aromatic carbocycles. The van der Waals surface area contributed by atoms with Gasteiger partial charge in [0, 0.05) is 19.5 Å². The number of hydrogen-bond donors (Lipinski definition) is 1. The number of benzene rings is 3. The van der Waals surface area contributed by atoms with Crippen LogP contribution in [0.15, 0.2) is 72.8 Å². The lowest BCUT2D eigenvalue weighted by molar-refractivity contribution is -0.133. The molecule has 2 amide bonds. The Labute approximate surface area is 201 Å². The van der Waals surface area contributed by atoms with Gasteiger partial charge in [-0.25, -0.2) is 0 Å². The van der Waals surface area contributed by atoms with Gasteiger partial charge in [-0.3, -0.25) is 9.59 Å². The first-order valence-corrected chi connectivity index (χ1v) is 11.9. The van der Waals surface area contributed by atoms with Gasteiger partial charge in [-0.1, -0.05) is 73.2 Å². The lowest BCUT2D eigenvalue weighted by Crippen LogP contribution is -2.40. The van der Waals surface area contributed by atoms with Gasteiger partial charge in [0.25, 0.3) is 5.91 Å². The van der Waals surface area contributed by atoms with Gasteiger partial charge in [0.1, 0.15) is 5.75 Å². The quantitative estimate of drug-likeness (QED) is 0.547. The van der Waals surface area contributed by atoms with Crippen LogP contribution < -0.4 is 10.1 Å². The van der Waals surface area contributed by atoms with Gasteiger partial charge in [0.15, 0.2) is 6.10 Å². The fraction of sp³-hybridized carbons (Fsp3) is 0.310. The third kappa shape index (κ3) is 5.30. The Hall–Kier alpha value is -3.60. The Morgan fingerprint density at radius 1 is 1.06 bits per heavy atom. The van der Waals surface area contributed by atoms with E-state index in [9.17, 15) is 9.59 Å². The Kier molecular flexibility index (Phi) is 7.31. The molecule has 5 heteroatoms. The maximum Gasteiger partial charge on any atom is 0.261 e. The van der Waals surface area contributed by atoms with Gasteiger partial charge in [-0.15, -0.1) is 0 Å². The van der Waals surface area contributed by atoms with E-state index in [1.54, 1.807) is 6.92 Å². The van der Waals surface area contributed by atoms with Crippen LogP contribution in [0.5, 0.6) is 5.75 Å². The molecule has 0 spiro atoms. The van der Waals surface area contributed by atoms with E-state index in [0.29, 0.717) is 25.3 Å². The van der Waals surface area contributed by atoms with E-state index in [0.717, 1.165) is 28.7 Å². The molecular formula is C29H32N2O3. The molecule has 3 aromatic rings. The summed E-state index contributed by atoms with van der Waals surface area (Å²) in [7, 11) is 0. The summed E-state index contributed by atoms with van der Waals surface area (Å²) in [5.74, 6) is 0.598. The smallest absolute Gasteiger partial charge is 0.261 e. The Bertz CT molecular complexity index is 1160. The van der Waals surface area contributed by atoms with Crippen LogP contribution >= 0.6 is 0 Å². The summed E-state index contributed by atoms with van der Waals surface area (Å²) >= 11 is 0. The molecule has 176 valence electrons. The standard InChI is InChI=1S/C29H32N2O3/c1-4-27(32)31-16-15-23-13-14-25(18-26(23)28(31)24-12-8-9-20(2)17-24)34-21(3)29(33)30-19-22-10-6-5-7-11-22/h5-14,17-18,21,28H,4,15-16,19H2,1-3H3,(H,30,33). The van der Waals surface area contributed by atoms with Crippen molar-refractivity contribution in [3.63, 3.8) is 0 Å². The highest BCUT2D eigenvalue weighted by Crippen LogP contribution is 2.38. The first-order chi connectivity index (χ1) is 16.5. The predicted molar refractivity (Wildman–Crippen MR) is 134 cm³/mol. The van der Waals surface area contributed by atoms with Gasteiger partial charge in [0.05, 0.1) is 6.04 Å². The highest BCUT2D eigenvalue weighted by atomic mass is 16.5. The second kappa shape index (κ2) is 10.6. The van der Waals surface area contributed by atoms with E-state index in [2.05, 4.69) is 36.5 Å². The Morgan fingerprint density at radius 3 is 2.59 bits per heavy atom. The molecule has 0 aromatic heterocycles. The molecular weight excluding hydrogens is 424 g/mol. The van der Waals surface area contributed by atoms with Gasteiger partial charge in [-0.2, -0.15) is 0 Å². The molecule has 0 saturated carbocycles. The molecule has 1 N–H and O–H groups in total. The summed E-state index contributed by atoms with van der Waals surface area (Å²) < 4.78 is 6.05. The zero-order chi connectivity index (χ0) is 24.1. The van der Waals surface area contributed by atoms with Crippen molar-refractivity contribution in [2.24, 2.45) is 0 Å². The average molecular weight is 457 g/mol. The van der Waals surface area contributed by atoms with Crippen molar-refractivity contribution in [2.45, 2.75) is 52.3 Å². The number of aryl methyl sites for hydroxylation is 1. The number of fused-ring (bicyclic) bond motifs is 1. The first kappa shape index (κ1) is 23.6. The molecule has 0 aliphatic carbocycles. The largest absolute Gasteiger partial charge is 0.481 e. The van der Waals surface area contributed by atoms with Crippen molar-refractivity contribution in [2.75, 3.05) is 6.54 Å². The van der Waals surface area contributed by atoms with Crippen molar-refractivity contribution in [3.8, 4) is 5.75 Å². The normalized spacial score (nSPS) is 15.9. The van der Waals surface area contributed by atoms with Crippen LogP contribution in [-0.2, 0) is 22.6 Å². The number of carbonyl (C=O) groups is 2. The molecule has 4 rings (SSSR count). The highest BCUT2D eigenvalue weighted by molar-refractivity contribution is 5.80. The van der Waals surface area contributed by atoms with Crippen LogP contribution in [0, 0.1) is 6.92 Å². The fourth-order valence-electron chi connectivity index (χ4n) is 4.52. The molecule has 0 radical (unpaired) electrons. The van der Waals surface area contributed by atoms with E-state index >= 15 is 0 Å². The van der Waals surface area contributed by atoms with Crippen molar-refractivity contribution in [1.29, 1.82) is 0 Å². The van der Waals surface area contributed by atoms with Crippen LogP contribution in [0.1, 0.15) is 54.1 Å². The van der Waals surface area contributed by atoms with E-state index in [1.165, 1.54) is 5.56 Å². The number of carbonyl (C=O) groups excluding carboxylic acids is 2. The second-order valence-electron chi connectivity index (χ2n) is 8.83. The monoisotopic (exact) mass is 456 g/mol.